The number of hydrogen-bond donors (Lipinski definition) is 2. The van der Waals surface area contributed by atoms with Crippen molar-refractivity contribution in [2.24, 2.45) is 0 Å². The van der Waals surface area contributed by atoms with Gasteiger partial charge in [0.1, 0.15) is 12.1 Å². The molecule has 0 unspecified atom stereocenters. The van der Waals surface area contributed by atoms with E-state index in [0.29, 0.717) is 13.1 Å². The van der Waals surface area contributed by atoms with Crippen molar-refractivity contribution >= 4 is 5.82 Å². The van der Waals surface area contributed by atoms with Gasteiger partial charge in [0.05, 0.1) is 13.2 Å². The Labute approximate surface area is 89.4 Å². The Morgan fingerprint density at radius 3 is 2.40 bits per heavy atom. The second-order valence-corrected chi connectivity index (χ2v) is 3.16. The van der Waals surface area contributed by atoms with Gasteiger partial charge < -0.3 is 15.1 Å². The fourth-order valence-electron chi connectivity index (χ4n) is 1.33. The van der Waals surface area contributed by atoms with Crippen LogP contribution in [0.15, 0.2) is 12.4 Å². The molecular weight excluding hydrogens is 194 g/mol. The molecule has 0 spiro atoms. The van der Waals surface area contributed by atoms with Gasteiger partial charge in [-0.2, -0.15) is 0 Å². The summed E-state index contributed by atoms with van der Waals surface area (Å²) < 4.78 is 0. The summed E-state index contributed by atoms with van der Waals surface area (Å²) in [6, 6.07) is 1.88. The highest BCUT2D eigenvalue weighted by Crippen LogP contribution is 2.10. The van der Waals surface area contributed by atoms with E-state index in [1.54, 1.807) is 0 Å². The quantitative estimate of drug-likeness (QED) is 0.683. The molecule has 0 atom stereocenters. The standard InChI is InChI=1S/C10H17N3O2/c1-2-9-7-10(12-8-11-9)13(3-5-14)4-6-15/h7-8,14-15H,2-6H2,1H3. The summed E-state index contributed by atoms with van der Waals surface area (Å²) in [5, 5.41) is 17.8. The lowest BCUT2D eigenvalue weighted by Gasteiger charge is -2.21. The van der Waals surface area contributed by atoms with E-state index in [4.69, 9.17) is 10.2 Å². The zero-order valence-corrected chi connectivity index (χ0v) is 8.93. The third kappa shape index (κ3) is 3.45. The van der Waals surface area contributed by atoms with Crippen LogP contribution in [-0.2, 0) is 6.42 Å². The van der Waals surface area contributed by atoms with Crippen LogP contribution >= 0.6 is 0 Å². The molecule has 0 saturated carbocycles. The van der Waals surface area contributed by atoms with Crippen molar-refractivity contribution in [3.05, 3.63) is 18.1 Å². The Balaban J connectivity index is 2.79. The smallest absolute Gasteiger partial charge is 0.132 e. The van der Waals surface area contributed by atoms with E-state index < -0.39 is 0 Å². The van der Waals surface area contributed by atoms with Crippen molar-refractivity contribution in [1.29, 1.82) is 0 Å². The lowest BCUT2D eigenvalue weighted by atomic mass is 10.3. The SMILES string of the molecule is CCc1cc(N(CCO)CCO)ncn1. The largest absolute Gasteiger partial charge is 0.395 e. The fourth-order valence-corrected chi connectivity index (χ4v) is 1.33. The van der Waals surface area contributed by atoms with Crippen molar-refractivity contribution in [1.82, 2.24) is 9.97 Å². The van der Waals surface area contributed by atoms with Gasteiger partial charge in [0.15, 0.2) is 0 Å². The van der Waals surface area contributed by atoms with Crippen molar-refractivity contribution < 1.29 is 10.2 Å². The fraction of sp³-hybridized carbons (Fsp3) is 0.600. The van der Waals surface area contributed by atoms with Crippen LogP contribution in [0.2, 0.25) is 0 Å². The summed E-state index contributed by atoms with van der Waals surface area (Å²) in [6.45, 7) is 3.06. The lowest BCUT2D eigenvalue weighted by Crippen LogP contribution is -2.30. The van der Waals surface area contributed by atoms with Crippen LogP contribution in [0.3, 0.4) is 0 Å². The molecule has 84 valence electrons. The highest BCUT2D eigenvalue weighted by molar-refractivity contribution is 5.38. The van der Waals surface area contributed by atoms with Crippen LogP contribution in [-0.4, -0.2) is 46.5 Å². The number of rotatable bonds is 6. The topological polar surface area (TPSA) is 69.5 Å². The number of nitrogens with zero attached hydrogens (tertiary/aromatic N) is 3. The minimum absolute atomic E-state index is 0.0471. The van der Waals surface area contributed by atoms with E-state index >= 15 is 0 Å². The molecule has 5 nitrogen and oxygen atoms in total. The molecule has 15 heavy (non-hydrogen) atoms. The maximum absolute atomic E-state index is 8.88. The summed E-state index contributed by atoms with van der Waals surface area (Å²) in [6.07, 6.45) is 2.36. The second kappa shape index (κ2) is 6.31. The first-order valence-corrected chi connectivity index (χ1v) is 5.09. The number of anilines is 1. The van der Waals surface area contributed by atoms with Crippen LogP contribution in [0.4, 0.5) is 5.82 Å². The molecule has 1 aromatic rings. The Morgan fingerprint density at radius 2 is 1.87 bits per heavy atom. The normalized spacial score (nSPS) is 10.3. The Hall–Kier alpha value is -1.20. The summed E-state index contributed by atoms with van der Waals surface area (Å²) in [7, 11) is 0. The first kappa shape index (κ1) is 11.9. The number of aliphatic hydroxyl groups is 2. The number of aryl methyl sites for hydroxylation is 1. The van der Waals surface area contributed by atoms with E-state index in [1.807, 2.05) is 17.9 Å². The van der Waals surface area contributed by atoms with E-state index in [0.717, 1.165) is 17.9 Å². The zero-order valence-electron chi connectivity index (χ0n) is 8.93. The Morgan fingerprint density at radius 1 is 1.20 bits per heavy atom. The van der Waals surface area contributed by atoms with E-state index in [1.165, 1.54) is 6.33 Å². The molecule has 1 rings (SSSR count). The van der Waals surface area contributed by atoms with E-state index in [2.05, 4.69) is 9.97 Å². The van der Waals surface area contributed by atoms with Gasteiger partial charge in [-0.15, -0.1) is 0 Å². The van der Waals surface area contributed by atoms with Crippen LogP contribution in [0.1, 0.15) is 12.6 Å². The van der Waals surface area contributed by atoms with Gasteiger partial charge in [-0.25, -0.2) is 9.97 Å². The average molecular weight is 211 g/mol. The van der Waals surface area contributed by atoms with Gasteiger partial charge in [-0.1, -0.05) is 6.92 Å². The van der Waals surface area contributed by atoms with Crippen molar-refractivity contribution in [2.75, 3.05) is 31.2 Å². The molecule has 2 N–H and O–H groups in total. The Kier molecular flexibility index (Phi) is 5.00. The zero-order chi connectivity index (χ0) is 11.1. The summed E-state index contributed by atoms with van der Waals surface area (Å²) in [5.74, 6) is 0.755. The van der Waals surface area contributed by atoms with Gasteiger partial charge >= 0.3 is 0 Å². The minimum Gasteiger partial charge on any atom is -0.395 e. The van der Waals surface area contributed by atoms with E-state index in [9.17, 15) is 0 Å². The molecule has 1 aromatic heterocycles. The van der Waals surface area contributed by atoms with Gasteiger partial charge in [-0.3, -0.25) is 0 Å². The van der Waals surface area contributed by atoms with Gasteiger partial charge in [0, 0.05) is 24.8 Å². The number of aliphatic hydroxyl groups excluding tert-OH is 2. The molecule has 0 saturated heterocycles. The molecule has 0 aliphatic rings. The summed E-state index contributed by atoms with van der Waals surface area (Å²) >= 11 is 0. The third-order valence-corrected chi connectivity index (χ3v) is 2.14. The molecule has 0 radical (unpaired) electrons. The maximum atomic E-state index is 8.88. The predicted octanol–water partition coefficient (Wildman–Crippen LogP) is -0.170. The highest BCUT2D eigenvalue weighted by atomic mass is 16.3. The molecule has 0 amide bonds. The first-order chi connectivity index (χ1) is 7.31. The Bertz CT molecular complexity index is 288. The van der Waals surface area contributed by atoms with Crippen molar-refractivity contribution in [3.63, 3.8) is 0 Å². The minimum atomic E-state index is 0.0471. The molecule has 0 fully saturated rings. The van der Waals surface area contributed by atoms with Crippen LogP contribution in [0, 0.1) is 0 Å². The monoisotopic (exact) mass is 211 g/mol. The van der Waals surface area contributed by atoms with Crippen LogP contribution < -0.4 is 4.90 Å². The summed E-state index contributed by atoms with van der Waals surface area (Å²) in [5.41, 5.74) is 0.959. The van der Waals surface area contributed by atoms with Crippen molar-refractivity contribution in [2.45, 2.75) is 13.3 Å². The van der Waals surface area contributed by atoms with Crippen LogP contribution in [0.5, 0.6) is 0 Å². The number of aromatic nitrogens is 2. The highest BCUT2D eigenvalue weighted by Gasteiger charge is 2.07. The number of hydrogen-bond acceptors (Lipinski definition) is 5. The molecule has 0 aliphatic heterocycles. The lowest BCUT2D eigenvalue weighted by molar-refractivity contribution is 0.280. The van der Waals surface area contributed by atoms with E-state index in [-0.39, 0.29) is 13.2 Å². The van der Waals surface area contributed by atoms with Crippen molar-refractivity contribution in [3.8, 4) is 0 Å². The van der Waals surface area contributed by atoms with Gasteiger partial charge in [0.25, 0.3) is 0 Å². The van der Waals surface area contributed by atoms with Gasteiger partial charge in [-0.05, 0) is 6.42 Å². The summed E-state index contributed by atoms with van der Waals surface area (Å²) in [4.78, 5) is 10.0. The average Bonchev–Trinajstić information content (AvgIpc) is 2.29. The second-order valence-electron chi connectivity index (χ2n) is 3.16. The molecular formula is C10H17N3O2. The molecule has 0 aliphatic carbocycles. The first-order valence-electron chi connectivity index (χ1n) is 5.09. The molecule has 1 heterocycles. The van der Waals surface area contributed by atoms with Gasteiger partial charge in [0.2, 0.25) is 0 Å². The molecule has 5 heteroatoms. The molecule has 0 aromatic carbocycles. The third-order valence-electron chi connectivity index (χ3n) is 2.14. The predicted molar refractivity (Wildman–Crippen MR) is 57.8 cm³/mol. The maximum Gasteiger partial charge on any atom is 0.132 e. The molecule has 0 bridgehead atoms. The van der Waals surface area contributed by atoms with Crippen LogP contribution in [0.25, 0.3) is 0 Å².